The predicted molar refractivity (Wildman–Crippen MR) is 284 cm³/mol. The van der Waals surface area contributed by atoms with E-state index >= 15 is 0 Å². The Morgan fingerprint density at radius 3 is 2.04 bits per heavy atom. The highest BCUT2D eigenvalue weighted by molar-refractivity contribution is 6.90. The molecule has 0 saturated carbocycles. The first-order chi connectivity index (χ1) is 32.1. The standard InChI is InChI=1S/C63H55BN2O/c1-60(2,3)38-27-29-50(43(32-38)36-18-11-10-12-19-36)65-57-45-34-47-48(62(6,7)31-30-61(47,4)5)35-52(45)67-59(57)64-55-44(33-49-54(58(55)65)41-22-15-16-25-46(41)63(49,8)9)40-23-17-24-42-53-39-21-14-13-20-37(39)26-28-51(53)66(64)56(40)42/h10-29,32-35H,30-31H2,1-9H3. The normalized spacial score (nSPS) is 16.9. The van der Waals surface area contributed by atoms with E-state index in [1.165, 1.54) is 116 Å². The summed E-state index contributed by atoms with van der Waals surface area (Å²) < 4.78 is 10.4. The molecule has 2 aromatic heterocycles. The van der Waals surface area contributed by atoms with Crippen LogP contribution in [0.25, 0.3) is 76.9 Å². The zero-order chi connectivity index (χ0) is 45.7. The Kier molecular flexibility index (Phi) is 7.53. The molecule has 3 nitrogen and oxygen atoms in total. The predicted octanol–water partition coefficient (Wildman–Crippen LogP) is 15.7. The van der Waals surface area contributed by atoms with E-state index in [-0.39, 0.29) is 28.5 Å². The Morgan fingerprint density at radius 2 is 1.25 bits per heavy atom. The summed E-state index contributed by atoms with van der Waals surface area (Å²) in [6, 6.07) is 55.9. The van der Waals surface area contributed by atoms with Gasteiger partial charge in [0.1, 0.15) is 11.2 Å². The van der Waals surface area contributed by atoms with Crippen LogP contribution in [0.4, 0.5) is 17.1 Å². The lowest BCUT2D eigenvalue weighted by molar-refractivity contribution is 0.332. The summed E-state index contributed by atoms with van der Waals surface area (Å²) >= 11 is 0. The molecule has 0 saturated heterocycles. The van der Waals surface area contributed by atoms with Gasteiger partial charge in [0.05, 0.1) is 17.1 Å². The molecule has 8 aromatic carbocycles. The third-order valence-electron chi connectivity index (χ3n) is 17.0. The van der Waals surface area contributed by atoms with Crippen molar-refractivity contribution in [2.75, 3.05) is 4.90 Å². The van der Waals surface area contributed by atoms with Gasteiger partial charge >= 0.3 is 6.85 Å². The van der Waals surface area contributed by atoms with Crippen molar-refractivity contribution in [2.45, 2.75) is 96.8 Å². The number of para-hydroxylation sites is 1. The van der Waals surface area contributed by atoms with Crippen LogP contribution in [-0.4, -0.2) is 11.3 Å². The van der Waals surface area contributed by atoms with E-state index < -0.39 is 0 Å². The molecule has 4 heterocycles. The number of hydrogen-bond acceptors (Lipinski definition) is 2. The molecule has 0 atom stereocenters. The van der Waals surface area contributed by atoms with E-state index in [1.54, 1.807) is 0 Å². The first-order valence-corrected chi connectivity index (χ1v) is 24.5. The van der Waals surface area contributed by atoms with E-state index in [9.17, 15) is 0 Å². The van der Waals surface area contributed by atoms with E-state index in [0.29, 0.717) is 0 Å². The van der Waals surface area contributed by atoms with Crippen LogP contribution < -0.4 is 16.0 Å². The molecular formula is C63H55BN2O. The van der Waals surface area contributed by atoms with Gasteiger partial charge in [-0.3, -0.25) is 0 Å². The smallest absolute Gasteiger partial charge is 0.376 e. The molecule has 4 aliphatic rings. The number of hydrogen-bond donors (Lipinski definition) is 0. The molecule has 0 amide bonds. The number of furan rings is 1. The third-order valence-corrected chi connectivity index (χ3v) is 17.0. The van der Waals surface area contributed by atoms with E-state index in [2.05, 4.69) is 217 Å². The summed E-state index contributed by atoms with van der Waals surface area (Å²) in [7, 11) is 0. The molecule has 326 valence electrons. The number of rotatable bonds is 2. The lowest BCUT2D eigenvalue weighted by atomic mass is 9.47. The van der Waals surface area contributed by atoms with Gasteiger partial charge in [0.15, 0.2) is 0 Å². The van der Waals surface area contributed by atoms with Crippen LogP contribution in [0, 0.1) is 0 Å². The van der Waals surface area contributed by atoms with Gasteiger partial charge in [0.2, 0.25) is 0 Å². The highest BCUT2D eigenvalue weighted by atomic mass is 16.3. The molecule has 2 aliphatic carbocycles. The molecule has 67 heavy (non-hydrogen) atoms. The SMILES string of the molecule is CC(C)(C)c1ccc(N2c3c4c(cc5c3-c3ccccc3C5(C)C)-c3cccc5c6c7ccccc7ccc6n(c35)B4c3oc4cc5c(cc4c32)C(C)(C)CCC5(C)C)c(-c2ccccc2)c1. The first-order valence-electron chi connectivity index (χ1n) is 24.5. The van der Waals surface area contributed by atoms with Crippen LogP contribution >= 0.6 is 0 Å². The molecule has 0 fully saturated rings. The van der Waals surface area contributed by atoms with Gasteiger partial charge in [0.25, 0.3) is 0 Å². The summed E-state index contributed by atoms with van der Waals surface area (Å²) in [5, 5.41) is 6.34. The van der Waals surface area contributed by atoms with Crippen molar-refractivity contribution in [2.24, 2.45) is 0 Å². The Bertz CT molecular complexity index is 3830. The molecule has 10 aromatic rings. The van der Waals surface area contributed by atoms with E-state index in [4.69, 9.17) is 4.42 Å². The molecule has 14 rings (SSSR count). The van der Waals surface area contributed by atoms with Crippen LogP contribution in [0.2, 0.25) is 0 Å². The second-order valence-corrected chi connectivity index (χ2v) is 23.1. The number of anilines is 3. The van der Waals surface area contributed by atoms with Crippen LogP contribution in [-0.2, 0) is 21.7 Å². The van der Waals surface area contributed by atoms with Crippen molar-refractivity contribution >= 4 is 78.6 Å². The summed E-state index contributed by atoms with van der Waals surface area (Å²) in [6.45, 7) is 21.4. The lowest BCUT2D eigenvalue weighted by Crippen LogP contribution is -2.56. The van der Waals surface area contributed by atoms with Gasteiger partial charge in [0, 0.05) is 49.3 Å². The molecule has 2 aliphatic heterocycles. The zero-order valence-electron chi connectivity index (χ0n) is 40.2. The van der Waals surface area contributed by atoms with Crippen molar-refractivity contribution in [3.63, 3.8) is 0 Å². The quantitative estimate of drug-likeness (QED) is 0.161. The van der Waals surface area contributed by atoms with Gasteiger partial charge in [-0.15, -0.1) is 0 Å². The summed E-state index contributed by atoms with van der Waals surface area (Å²) in [5.41, 5.74) is 23.7. The Morgan fingerprint density at radius 1 is 0.552 bits per heavy atom. The maximum Gasteiger partial charge on any atom is 0.376 e. The minimum Gasteiger partial charge on any atom is -0.466 e. The van der Waals surface area contributed by atoms with Crippen molar-refractivity contribution < 1.29 is 4.42 Å². The number of fused-ring (bicyclic) bond motifs is 16. The average molecular weight is 867 g/mol. The van der Waals surface area contributed by atoms with Gasteiger partial charge in [-0.1, -0.05) is 172 Å². The third kappa shape index (κ3) is 5.04. The number of benzene rings is 8. The van der Waals surface area contributed by atoms with Crippen molar-refractivity contribution in [1.29, 1.82) is 0 Å². The summed E-state index contributed by atoms with van der Waals surface area (Å²) in [4.78, 5) is 2.70. The van der Waals surface area contributed by atoms with Gasteiger partial charge in [-0.2, -0.15) is 0 Å². The molecule has 0 N–H and O–H groups in total. The topological polar surface area (TPSA) is 21.3 Å². The number of aromatic nitrogens is 1. The Balaban J connectivity index is 1.22. The summed E-state index contributed by atoms with van der Waals surface area (Å²) in [6.07, 6.45) is 2.28. The Labute approximate surface area is 394 Å². The van der Waals surface area contributed by atoms with Crippen LogP contribution in [0.5, 0.6) is 0 Å². The molecular weight excluding hydrogens is 812 g/mol. The fraction of sp³-hybridized carbons (Fsp3) is 0.238. The van der Waals surface area contributed by atoms with E-state index in [1.807, 2.05) is 0 Å². The van der Waals surface area contributed by atoms with Crippen molar-refractivity contribution in [3.8, 4) is 33.4 Å². The molecule has 0 unspecified atom stereocenters. The Hall–Kier alpha value is -6.78. The van der Waals surface area contributed by atoms with Gasteiger partial charge in [-0.05, 0) is 126 Å². The second kappa shape index (κ2) is 12.8. The van der Waals surface area contributed by atoms with Crippen LogP contribution in [0.1, 0.15) is 103 Å². The van der Waals surface area contributed by atoms with Crippen LogP contribution in [0.15, 0.2) is 150 Å². The molecule has 0 radical (unpaired) electrons. The summed E-state index contributed by atoms with van der Waals surface area (Å²) in [5.74, 6) is 0. The average Bonchev–Trinajstić information content (AvgIpc) is 3.94. The fourth-order valence-electron chi connectivity index (χ4n) is 13.3. The fourth-order valence-corrected chi connectivity index (χ4v) is 13.3. The van der Waals surface area contributed by atoms with Crippen LogP contribution in [0.3, 0.4) is 0 Å². The largest absolute Gasteiger partial charge is 0.466 e. The van der Waals surface area contributed by atoms with E-state index in [0.717, 1.165) is 29.8 Å². The van der Waals surface area contributed by atoms with Gasteiger partial charge < -0.3 is 13.8 Å². The lowest BCUT2D eigenvalue weighted by Gasteiger charge is -2.42. The van der Waals surface area contributed by atoms with Crippen molar-refractivity contribution in [1.82, 2.24) is 4.48 Å². The first kappa shape index (κ1) is 39.4. The second-order valence-electron chi connectivity index (χ2n) is 23.1. The highest BCUT2D eigenvalue weighted by Gasteiger charge is 2.51. The molecule has 0 bridgehead atoms. The number of nitrogens with zero attached hydrogens (tertiary/aromatic N) is 2. The monoisotopic (exact) mass is 866 g/mol. The zero-order valence-corrected chi connectivity index (χ0v) is 40.2. The molecule has 0 spiro atoms. The minimum atomic E-state index is -0.237. The van der Waals surface area contributed by atoms with Gasteiger partial charge in [-0.25, -0.2) is 0 Å². The van der Waals surface area contributed by atoms with Crippen molar-refractivity contribution in [3.05, 3.63) is 173 Å². The highest BCUT2D eigenvalue weighted by Crippen LogP contribution is 2.60. The molecule has 4 heteroatoms. The maximum atomic E-state index is 7.76. The maximum absolute atomic E-state index is 7.76. The minimum absolute atomic E-state index is 0.00909.